The van der Waals surface area contributed by atoms with Gasteiger partial charge in [-0.3, -0.25) is 9.59 Å². The summed E-state index contributed by atoms with van der Waals surface area (Å²) in [6, 6.07) is 6.68. The van der Waals surface area contributed by atoms with Crippen LogP contribution in [0.25, 0.3) is 0 Å². The number of carboxylic acids is 1. The molecule has 1 rings (SSSR count). The maximum atomic E-state index is 12.5. The van der Waals surface area contributed by atoms with Crippen LogP contribution in [0, 0.1) is 11.8 Å². The van der Waals surface area contributed by atoms with E-state index in [1.165, 1.54) is 0 Å². The highest BCUT2D eigenvalue weighted by Gasteiger charge is 2.31. The molecule has 0 bridgehead atoms. The van der Waals surface area contributed by atoms with Crippen molar-refractivity contribution >= 4 is 17.8 Å². The summed E-state index contributed by atoms with van der Waals surface area (Å²) in [7, 11) is 0. The van der Waals surface area contributed by atoms with Gasteiger partial charge >= 0.3 is 5.97 Å². The van der Waals surface area contributed by atoms with Crippen LogP contribution in [-0.2, 0) is 20.8 Å². The number of carboxylic acid groups (broad SMARTS) is 1. The van der Waals surface area contributed by atoms with Crippen molar-refractivity contribution in [3.05, 3.63) is 35.9 Å². The zero-order valence-corrected chi connectivity index (χ0v) is 15.7. The smallest absolute Gasteiger partial charge is 0.326 e. The Morgan fingerprint density at radius 1 is 0.923 bits per heavy atom. The van der Waals surface area contributed by atoms with Crippen LogP contribution in [0.5, 0.6) is 0 Å². The average Bonchev–Trinajstić information content (AvgIpc) is 2.56. The van der Waals surface area contributed by atoms with Crippen molar-refractivity contribution in [1.82, 2.24) is 10.6 Å². The van der Waals surface area contributed by atoms with E-state index in [1.807, 2.05) is 30.3 Å². The maximum absolute atomic E-state index is 12.5. The Morgan fingerprint density at radius 3 is 1.88 bits per heavy atom. The molecule has 0 fully saturated rings. The Hall–Kier alpha value is -2.41. The number of hydrogen-bond acceptors (Lipinski definition) is 4. The van der Waals surface area contributed by atoms with Crippen molar-refractivity contribution in [2.45, 2.75) is 52.2 Å². The van der Waals surface area contributed by atoms with Crippen LogP contribution >= 0.6 is 0 Å². The van der Waals surface area contributed by atoms with E-state index in [-0.39, 0.29) is 11.8 Å². The summed E-state index contributed by atoms with van der Waals surface area (Å²) in [5.41, 5.74) is 6.88. The fourth-order valence-corrected chi connectivity index (χ4v) is 2.51. The van der Waals surface area contributed by atoms with E-state index in [9.17, 15) is 19.5 Å². The molecule has 1 aromatic carbocycles. The molecule has 144 valence electrons. The van der Waals surface area contributed by atoms with Crippen molar-refractivity contribution in [3.8, 4) is 0 Å². The third-order valence-corrected chi connectivity index (χ3v) is 4.11. The number of rotatable bonds is 9. The largest absolute Gasteiger partial charge is 0.480 e. The van der Waals surface area contributed by atoms with Gasteiger partial charge in [0.05, 0.1) is 6.04 Å². The van der Waals surface area contributed by atoms with E-state index in [4.69, 9.17) is 5.73 Å². The molecule has 0 aliphatic rings. The predicted molar refractivity (Wildman–Crippen MR) is 99.3 cm³/mol. The molecule has 0 aliphatic carbocycles. The fourth-order valence-electron chi connectivity index (χ4n) is 2.51. The molecule has 26 heavy (non-hydrogen) atoms. The van der Waals surface area contributed by atoms with Crippen LogP contribution in [0.4, 0.5) is 0 Å². The summed E-state index contributed by atoms with van der Waals surface area (Å²) in [6.45, 7) is 6.96. The number of carbonyl (C=O) groups excluding carboxylic acids is 2. The third kappa shape index (κ3) is 6.48. The highest BCUT2D eigenvalue weighted by molar-refractivity contribution is 5.92. The second-order valence-electron chi connectivity index (χ2n) is 7.10. The lowest BCUT2D eigenvalue weighted by molar-refractivity contribution is -0.143. The van der Waals surface area contributed by atoms with E-state index >= 15 is 0 Å². The summed E-state index contributed by atoms with van der Waals surface area (Å²) in [6.07, 6.45) is 0.350. The summed E-state index contributed by atoms with van der Waals surface area (Å²) in [4.78, 5) is 36.2. The van der Waals surface area contributed by atoms with Crippen LogP contribution in [-0.4, -0.2) is 41.0 Å². The number of hydrogen-bond donors (Lipinski definition) is 4. The van der Waals surface area contributed by atoms with Crippen LogP contribution < -0.4 is 16.4 Å². The molecule has 3 atom stereocenters. The third-order valence-electron chi connectivity index (χ3n) is 4.11. The molecule has 0 saturated carbocycles. The molecular weight excluding hydrogens is 334 g/mol. The number of benzene rings is 1. The molecule has 3 unspecified atom stereocenters. The number of amides is 2. The summed E-state index contributed by atoms with van der Waals surface area (Å²) >= 11 is 0. The molecule has 0 radical (unpaired) electrons. The van der Waals surface area contributed by atoms with Gasteiger partial charge in [-0.15, -0.1) is 0 Å². The highest BCUT2D eigenvalue weighted by Crippen LogP contribution is 2.08. The quantitative estimate of drug-likeness (QED) is 0.520. The maximum Gasteiger partial charge on any atom is 0.326 e. The number of nitrogens with two attached hydrogens (primary N) is 1. The van der Waals surface area contributed by atoms with E-state index in [0.717, 1.165) is 5.56 Å². The second kappa shape index (κ2) is 9.91. The van der Waals surface area contributed by atoms with Gasteiger partial charge < -0.3 is 21.5 Å². The van der Waals surface area contributed by atoms with Crippen molar-refractivity contribution in [1.29, 1.82) is 0 Å². The van der Waals surface area contributed by atoms with E-state index in [2.05, 4.69) is 10.6 Å². The van der Waals surface area contributed by atoms with E-state index in [1.54, 1.807) is 27.7 Å². The van der Waals surface area contributed by atoms with Gasteiger partial charge in [-0.05, 0) is 23.8 Å². The Kier molecular flexibility index (Phi) is 8.25. The van der Waals surface area contributed by atoms with Crippen molar-refractivity contribution in [3.63, 3.8) is 0 Å². The Bertz CT molecular complexity index is 616. The first-order chi connectivity index (χ1) is 12.1. The molecule has 0 heterocycles. The Balaban J connectivity index is 2.75. The molecule has 0 spiro atoms. The Labute approximate surface area is 154 Å². The number of aliphatic carboxylic acids is 1. The van der Waals surface area contributed by atoms with Crippen molar-refractivity contribution in [2.24, 2.45) is 17.6 Å². The van der Waals surface area contributed by atoms with Crippen molar-refractivity contribution in [2.75, 3.05) is 0 Å². The van der Waals surface area contributed by atoms with Gasteiger partial charge in [-0.1, -0.05) is 58.0 Å². The molecular formula is C19H29N3O4. The topological polar surface area (TPSA) is 122 Å². The minimum atomic E-state index is -1.11. The lowest BCUT2D eigenvalue weighted by atomic mass is 9.99. The minimum Gasteiger partial charge on any atom is -0.480 e. The Morgan fingerprint density at radius 2 is 1.42 bits per heavy atom. The van der Waals surface area contributed by atoms with Gasteiger partial charge in [0, 0.05) is 0 Å². The zero-order chi connectivity index (χ0) is 19.9. The SMILES string of the molecule is CC(C)C(NC(=O)C(NC(=O)C(N)Cc1ccccc1)C(C)C)C(=O)O. The normalized spacial score (nSPS) is 14.6. The predicted octanol–water partition coefficient (Wildman–Crippen LogP) is 0.923. The first-order valence-corrected chi connectivity index (χ1v) is 8.76. The van der Waals surface area contributed by atoms with Gasteiger partial charge in [-0.25, -0.2) is 4.79 Å². The van der Waals surface area contributed by atoms with Gasteiger partial charge in [-0.2, -0.15) is 0 Å². The highest BCUT2D eigenvalue weighted by atomic mass is 16.4. The first kappa shape index (κ1) is 21.6. The number of nitrogens with one attached hydrogen (secondary N) is 2. The minimum absolute atomic E-state index is 0.218. The second-order valence-corrected chi connectivity index (χ2v) is 7.10. The fraction of sp³-hybridized carbons (Fsp3) is 0.526. The molecule has 2 amide bonds. The molecule has 5 N–H and O–H groups in total. The van der Waals surface area contributed by atoms with E-state index in [0.29, 0.717) is 6.42 Å². The lowest BCUT2D eigenvalue weighted by Gasteiger charge is -2.26. The van der Waals surface area contributed by atoms with Crippen molar-refractivity contribution < 1.29 is 19.5 Å². The van der Waals surface area contributed by atoms with Crippen LogP contribution in [0.15, 0.2) is 30.3 Å². The molecule has 7 heteroatoms. The lowest BCUT2D eigenvalue weighted by Crippen LogP contribution is -2.57. The molecule has 0 aromatic heterocycles. The average molecular weight is 363 g/mol. The van der Waals surface area contributed by atoms with Gasteiger partial charge in [0.2, 0.25) is 11.8 Å². The molecule has 1 aromatic rings. The summed E-state index contributed by atoms with van der Waals surface area (Å²) in [5, 5.41) is 14.4. The van der Waals surface area contributed by atoms with Crippen LogP contribution in [0.3, 0.4) is 0 Å². The molecule has 7 nitrogen and oxygen atoms in total. The summed E-state index contributed by atoms with van der Waals surface area (Å²) in [5.74, 6) is -2.58. The molecule has 0 aliphatic heterocycles. The zero-order valence-electron chi connectivity index (χ0n) is 15.7. The summed E-state index contributed by atoms with van der Waals surface area (Å²) < 4.78 is 0. The number of carbonyl (C=O) groups is 3. The van der Waals surface area contributed by atoms with Gasteiger partial charge in [0.1, 0.15) is 12.1 Å². The van der Waals surface area contributed by atoms with Gasteiger partial charge in [0.25, 0.3) is 0 Å². The van der Waals surface area contributed by atoms with Crippen LogP contribution in [0.1, 0.15) is 33.3 Å². The molecule has 0 saturated heterocycles. The standard InChI is InChI=1S/C19H29N3O4/c1-11(2)15(18(24)22-16(12(3)4)19(25)26)21-17(23)14(20)10-13-8-6-5-7-9-13/h5-9,11-12,14-16H,10,20H2,1-4H3,(H,21,23)(H,22,24)(H,25,26). The first-order valence-electron chi connectivity index (χ1n) is 8.76. The van der Waals surface area contributed by atoms with Crippen LogP contribution in [0.2, 0.25) is 0 Å². The van der Waals surface area contributed by atoms with E-state index < -0.39 is 35.9 Å². The van der Waals surface area contributed by atoms with Gasteiger partial charge in [0.15, 0.2) is 0 Å². The monoisotopic (exact) mass is 363 g/mol.